The molecule has 28 heavy (non-hydrogen) atoms. The molecule has 0 aromatic carbocycles. The highest BCUT2D eigenvalue weighted by atomic mass is 32.2. The van der Waals surface area contributed by atoms with Gasteiger partial charge >= 0.3 is 0 Å². The SMILES string of the molecule is O=C(C[S+]([O-])CC(=O)C12CC3CC(CC(C3)C1)C2)C12CC3CC(CC(C3)C1)C2. The monoisotopic (exact) mass is 402 g/mol. The number of hydrogen-bond donors (Lipinski definition) is 0. The molecule has 0 radical (unpaired) electrons. The minimum Gasteiger partial charge on any atom is -0.616 e. The van der Waals surface area contributed by atoms with Crippen LogP contribution in [-0.4, -0.2) is 27.6 Å². The molecule has 0 N–H and O–H groups in total. The van der Waals surface area contributed by atoms with Gasteiger partial charge in [0, 0.05) is 10.8 Å². The van der Waals surface area contributed by atoms with Crippen molar-refractivity contribution >= 4 is 22.7 Å². The Kier molecular flexibility index (Phi) is 4.16. The first-order valence-electron chi connectivity index (χ1n) is 11.8. The van der Waals surface area contributed by atoms with E-state index in [-0.39, 0.29) is 33.9 Å². The second-order valence-electron chi connectivity index (χ2n) is 12.0. The molecular formula is C24H34O3S. The van der Waals surface area contributed by atoms with Gasteiger partial charge in [-0.15, -0.1) is 0 Å². The van der Waals surface area contributed by atoms with Crippen LogP contribution in [0.5, 0.6) is 0 Å². The summed E-state index contributed by atoms with van der Waals surface area (Å²) in [7, 11) is 0. The van der Waals surface area contributed by atoms with Crippen molar-refractivity contribution in [1.29, 1.82) is 0 Å². The molecule has 4 heteroatoms. The van der Waals surface area contributed by atoms with Gasteiger partial charge in [-0.3, -0.25) is 9.59 Å². The maximum absolute atomic E-state index is 13.2. The van der Waals surface area contributed by atoms with E-state index in [2.05, 4.69) is 0 Å². The standard InChI is InChI=1S/C24H34O3S/c25-21(23-7-15-1-16(8-23)3-17(2-15)9-23)13-28(27)14-22(26)24-10-18-4-19(11-24)6-20(5-18)12-24/h15-20H,1-14H2. The molecule has 8 aliphatic carbocycles. The fraction of sp³-hybridized carbons (Fsp3) is 0.917. The summed E-state index contributed by atoms with van der Waals surface area (Å²) in [5, 5.41) is 0. The molecular weight excluding hydrogens is 368 g/mol. The molecule has 0 heterocycles. The van der Waals surface area contributed by atoms with Crippen molar-refractivity contribution in [2.24, 2.45) is 46.3 Å². The summed E-state index contributed by atoms with van der Waals surface area (Å²) in [6, 6.07) is 0. The summed E-state index contributed by atoms with van der Waals surface area (Å²) in [5.74, 6) is 5.17. The van der Waals surface area contributed by atoms with Gasteiger partial charge in [0.2, 0.25) is 0 Å². The van der Waals surface area contributed by atoms with Crippen molar-refractivity contribution in [2.75, 3.05) is 11.5 Å². The minimum atomic E-state index is -1.30. The Morgan fingerprint density at radius 2 is 0.857 bits per heavy atom. The highest BCUT2D eigenvalue weighted by molar-refractivity contribution is 7.92. The first kappa shape index (κ1) is 18.4. The van der Waals surface area contributed by atoms with Gasteiger partial charge in [0.15, 0.2) is 23.1 Å². The van der Waals surface area contributed by atoms with E-state index in [1.54, 1.807) is 0 Å². The maximum Gasteiger partial charge on any atom is 0.187 e. The van der Waals surface area contributed by atoms with Crippen LogP contribution >= 0.6 is 0 Å². The van der Waals surface area contributed by atoms with E-state index in [0.29, 0.717) is 0 Å². The fourth-order valence-electron chi connectivity index (χ4n) is 9.55. The lowest BCUT2D eigenvalue weighted by Gasteiger charge is -2.56. The first-order chi connectivity index (χ1) is 13.4. The lowest BCUT2D eigenvalue weighted by molar-refractivity contribution is -0.141. The number of hydrogen-bond acceptors (Lipinski definition) is 3. The highest BCUT2D eigenvalue weighted by Crippen LogP contribution is 2.61. The number of carbonyl (C=O) groups excluding carboxylic acids is 2. The Morgan fingerprint density at radius 3 is 1.11 bits per heavy atom. The molecule has 8 saturated carbocycles. The predicted molar refractivity (Wildman–Crippen MR) is 109 cm³/mol. The molecule has 0 aliphatic heterocycles. The smallest absolute Gasteiger partial charge is 0.187 e. The summed E-state index contributed by atoms with van der Waals surface area (Å²) in [6.07, 6.45) is 14.2. The molecule has 8 rings (SSSR count). The van der Waals surface area contributed by atoms with Crippen molar-refractivity contribution in [3.63, 3.8) is 0 Å². The third-order valence-electron chi connectivity index (χ3n) is 9.84. The minimum absolute atomic E-state index is 0.143. The average molecular weight is 403 g/mol. The lowest BCUT2D eigenvalue weighted by Crippen LogP contribution is -2.53. The van der Waals surface area contributed by atoms with Crippen molar-refractivity contribution < 1.29 is 14.1 Å². The van der Waals surface area contributed by atoms with Crippen LogP contribution in [0.2, 0.25) is 0 Å². The molecule has 8 fully saturated rings. The van der Waals surface area contributed by atoms with Crippen LogP contribution in [0.3, 0.4) is 0 Å². The Balaban J connectivity index is 1.11. The zero-order valence-electron chi connectivity index (χ0n) is 17.0. The van der Waals surface area contributed by atoms with Crippen LogP contribution < -0.4 is 0 Å². The van der Waals surface area contributed by atoms with E-state index in [1.165, 1.54) is 38.5 Å². The topological polar surface area (TPSA) is 57.2 Å². The normalized spacial score (nSPS) is 51.5. The summed E-state index contributed by atoms with van der Waals surface area (Å²) < 4.78 is 12.9. The number of rotatable bonds is 6. The number of Topliss-reactive ketones (excluding diaryl/α,β-unsaturated/α-hetero) is 2. The highest BCUT2D eigenvalue weighted by Gasteiger charge is 2.57. The van der Waals surface area contributed by atoms with Crippen LogP contribution in [0.1, 0.15) is 77.0 Å². The lowest BCUT2D eigenvalue weighted by atomic mass is 9.48. The summed E-state index contributed by atoms with van der Waals surface area (Å²) in [5.41, 5.74) is -0.345. The van der Waals surface area contributed by atoms with Gasteiger partial charge in [0.05, 0.1) is 0 Å². The largest absolute Gasteiger partial charge is 0.616 e. The van der Waals surface area contributed by atoms with Crippen LogP contribution in [0, 0.1) is 46.3 Å². The van der Waals surface area contributed by atoms with Crippen molar-refractivity contribution in [2.45, 2.75) is 77.0 Å². The molecule has 154 valence electrons. The van der Waals surface area contributed by atoms with Crippen LogP contribution in [0.4, 0.5) is 0 Å². The number of ketones is 2. The summed E-state index contributed by atoms with van der Waals surface area (Å²) in [4.78, 5) is 26.5. The third-order valence-corrected chi connectivity index (χ3v) is 11.0. The third kappa shape index (κ3) is 2.87. The van der Waals surface area contributed by atoms with E-state index in [9.17, 15) is 14.1 Å². The zero-order valence-corrected chi connectivity index (χ0v) is 17.8. The first-order valence-corrected chi connectivity index (χ1v) is 13.3. The van der Waals surface area contributed by atoms with Crippen molar-refractivity contribution in [1.82, 2.24) is 0 Å². The van der Waals surface area contributed by atoms with Crippen molar-refractivity contribution in [3.8, 4) is 0 Å². The van der Waals surface area contributed by atoms with Gasteiger partial charge in [-0.2, -0.15) is 0 Å². The van der Waals surface area contributed by atoms with E-state index in [1.807, 2.05) is 0 Å². The Labute approximate surface area is 172 Å². The van der Waals surface area contributed by atoms with E-state index in [0.717, 1.165) is 74.0 Å². The van der Waals surface area contributed by atoms with Crippen molar-refractivity contribution in [3.05, 3.63) is 0 Å². The zero-order chi connectivity index (χ0) is 19.1. The van der Waals surface area contributed by atoms with Gasteiger partial charge in [0.25, 0.3) is 0 Å². The van der Waals surface area contributed by atoms with Gasteiger partial charge < -0.3 is 4.55 Å². The predicted octanol–water partition coefficient (Wildman–Crippen LogP) is 4.31. The molecule has 8 aliphatic rings. The van der Waals surface area contributed by atoms with Gasteiger partial charge in [-0.1, -0.05) is 0 Å². The Hall–Kier alpha value is -0.350. The molecule has 3 nitrogen and oxygen atoms in total. The van der Waals surface area contributed by atoms with Crippen LogP contribution in [-0.2, 0) is 20.8 Å². The molecule has 0 aromatic rings. The second kappa shape index (κ2) is 6.33. The summed E-state index contributed by atoms with van der Waals surface area (Å²) in [6.45, 7) is 0. The summed E-state index contributed by atoms with van der Waals surface area (Å²) >= 11 is -1.30. The molecule has 8 bridgehead atoms. The Bertz CT molecular complexity index is 569. The Morgan fingerprint density at radius 1 is 0.607 bits per heavy atom. The van der Waals surface area contributed by atoms with Crippen LogP contribution in [0.25, 0.3) is 0 Å². The maximum atomic E-state index is 13.2. The van der Waals surface area contributed by atoms with Gasteiger partial charge in [-0.25, -0.2) is 0 Å². The molecule has 0 unspecified atom stereocenters. The van der Waals surface area contributed by atoms with E-state index in [4.69, 9.17) is 0 Å². The number of carbonyl (C=O) groups is 2. The molecule has 0 saturated heterocycles. The fourth-order valence-corrected chi connectivity index (χ4v) is 10.9. The molecule has 0 aromatic heterocycles. The van der Waals surface area contributed by atoms with E-state index >= 15 is 0 Å². The van der Waals surface area contributed by atoms with Crippen LogP contribution in [0.15, 0.2) is 0 Å². The quantitative estimate of drug-likeness (QED) is 0.622. The van der Waals surface area contributed by atoms with E-state index < -0.39 is 11.2 Å². The second-order valence-corrected chi connectivity index (χ2v) is 13.4. The van der Waals surface area contributed by atoms with Gasteiger partial charge in [-0.05, 0) is 124 Å². The average Bonchev–Trinajstić information content (AvgIpc) is 2.59. The van der Waals surface area contributed by atoms with Gasteiger partial charge in [0.1, 0.15) is 0 Å². The molecule has 0 atom stereocenters. The molecule has 0 spiro atoms. The molecule has 0 amide bonds.